The first kappa shape index (κ1) is 11.4. The molecule has 0 N–H and O–H groups in total. The molecule has 100 valence electrons. The van der Waals surface area contributed by atoms with E-state index in [1.54, 1.807) is 0 Å². The van der Waals surface area contributed by atoms with Crippen LogP contribution in [0.4, 0.5) is 5.69 Å². The van der Waals surface area contributed by atoms with Crippen molar-refractivity contribution in [2.75, 3.05) is 24.7 Å². The summed E-state index contributed by atoms with van der Waals surface area (Å²) in [5.74, 6) is 0.634. The molecule has 4 saturated heterocycles. The van der Waals surface area contributed by atoms with Gasteiger partial charge in [0.05, 0.1) is 12.1 Å². The maximum absolute atomic E-state index is 12.3. The first-order chi connectivity index (χ1) is 9.27. The Bertz CT molecular complexity index is 496. The fourth-order valence-corrected chi connectivity index (χ4v) is 3.78. The van der Waals surface area contributed by atoms with Gasteiger partial charge in [-0.2, -0.15) is 5.06 Å². The number of para-hydroxylation sites is 1. The molecule has 1 unspecified atom stereocenters. The maximum Gasteiger partial charge on any atom is 0.253 e. The van der Waals surface area contributed by atoms with E-state index < -0.39 is 0 Å². The third-order valence-corrected chi connectivity index (χ3v) is 4.76. The van der Waals surface area contributed by atoms with Crippen LogP contribution in [-0.4, -0.2) is 36.0 Å². The molecule has 0 saturated carbocycles. The van der Waals surface area contributed by atoms with Gasteiger partial charge in [-0.1, -0.05) is 18.2 Å². The second-order valence-electron chi connectivity index (χ2n) is 5.91. The van der Waals surface area contributed by atoms with Gasteiger partial charge in [-0.15, -0.1) is 0 Å². The number of fused-ring (bicyclic) bond motifs is 2. The normalized spacial score (nSPS) is 37.3. The first-order valence-electron chi connectivity index (χ1n) is 7.06. The SMILES string of the molecule is O=C1CC2(CN3CCC2CC3)ON1c1ccccc1. The molecule has 0 radical (unpaired) electrons. The van der Waals surface area contributed by atoms with Gasteiger partial charge in [0.25, 0.3) is 5.91 Å². The van der Waals surface area contributed by atoms with Crippen LogP contribution in [0.1, 0.15) is 19.3 Å². The average molecular weight is 258 g/mol. The zero-order chi connectivity index (χ0) is 12.9. The van der Waals surface area contributed by atoms with Crippen molar-refractivity contribution in [2.24, 2.45) is 5.92 Å². The van der Waals surface area contributed by atoms with Gasteiger partial charge in [0.1, 0.15) is 5.60 Å². The summed E-state index contributed by atoms with van der Waals surface area (Å²) in [7, 11) is 0. The van der Waals surface area contributed by atoms with E-state index in [2.05, 4.69) is 4.90 Å². The van der Waals surface area contributed by atoms with Crippen LogP contribution in [0.3, 0.4) is 0 Å². The molecule has 4 fully saturated rings. The Hall–Kier alpha value is -1.39. The summed E-state index contributed by atoms with van der Waals surface area (Å²) < 4.78 is 0. The van der Waals surface area contributed by atoms with Gasteiger partial charge < -0.3 is 4.90 Å². The number of rotatable bonds is 1. The van der Waals surface area contributed by atoms with Crippen molar-refractivity contribution in [3.8, 4) is 0 Å². The molecular weight excluding hydrogens is 240 g/mol. The van der Waals surface area contributed by atoms with Crippen LogP contribution in [0.15, 0.2) is 30.3 Å². The molecule has 1 aromatic rings. The number of anilines is 1. The summed E-state index contributed by atoms with van der Waals surface area (Å²) in [5, 5.41) is 1.52. The lowest BCUT2D eigenvalue weighted by Crippen LogP contribution is -2.59. The van der Waals surface area contributed by atoms with Crippen molar-refractivity contribution in [2.45, 2.75) is 24.9 Å². The average Bonchev–Trinajstić information content (AvgIpc) is 2.77. The Morgan fingerprint density at radius 2 is 1.89 bits per heavy atom. The highest BCUT2D eigenvalue weighted by Crippen LogP contribution is 2.45. The van der Waals surface area contributed by atoms with Crippen molar-refractivity contribution in [1.29, 1.82) is 0 Å². The van der Waals surface area contributed by atoms with Crippen LogP contribution in [0.25, 0.3) is 0 Å². The van der Waals surface area contributed by atoms with Crippen LogP contribution < -0.4 is 5.06 Å². The minimum Gasteiger partial charge on any atom is -0.300 e. The lowest BCUT2D eigenvalue weighted by atomic mass is 9.74. The second kappa shape index (κ2) is 4.05. The van der Waals surface area contributed by atoms with Gasteiger partial charge in [0, 0.05) is 6.54 Å². The van der Waals surface area contributed by atoms with E-state index in [9.17, 15) is 4.79 Å². The van der Waals surface area contributed by atoms with Crippen LogP contribution in [0, 0.1) is 5.92 Å². The molecule has 1 amide bonds. The van der Waals surface area contributed by atoms with E-state index in [0.29, 0.717) is 12.3 Å². The van der Waals surface area contributed by atoms with E-state index in [4.69, 9.17) is 4.84 Å². The topological polar surface area (TPSA) is 32.8 Å². The molecule has 4 heterocycles. The van der Waals surface area contributed by atoms with Gasteiger partial charge in [-0.3, -0.25) is 9.63 Å². The Kier molecular flexibility index (Phi) is 2.44. The minimum atomic E-state index is -0.260. The highest BCUT2D eigenvalue weighted by atomic mass is 16.7. The van der Waals surface area contributed by atoms with Gasteiger partial charge >= 0.3 is 0 Å². The van der Waals surface area contributed by atoms with Gasteiger partial charge in [-0.05, 0) is 44.0 Å². The molecule has 4 aliphatic heterocycles. The third kappa shape index (κ3) is 1.70. The Labute approximate surface area is 112 Å². The highest BCUT2D eigenvalue weighted by molar-refractivity contribution is 5.94. The Morgan fingerprint density at radius 1 is 1.16 bits per heavy atom. The zero-order valence-corrected chi connectivity index (χ0v) is 10.9. The molecule has 5 rings (SSSR count). The second-order valence-corrected chi connectivity index (χ2v) is 5.91. The molecule has 4 nitrogen and oxygen atoms in total. The van der Waals surface area contributed by atoms with E-state index in [0.717, 1.165) is 38.2 Å². The van der Waals surface area contributed by atoms with Gasteiger partial charge in [0.15, 0.2) is 0 Å². The zero-order valence-electron chi connectivity index (χ0n) is 10.9. The number of carbonyl (C=O) groups is 1. The van der Waals surface area contributed by atoms with Gasteiger partial charge in [0.2, 0.25) is 0 Å². The molecule has 0 aromatic heterocycles. The van der Waals surface area contributed by atoms with Crippen LogP contribution in [-0.2, 0) is 9.63 Å². The largest absolute Gasteiger partial charge is 0.300 e. The summed E-state index contributed by atoms with van der Waals surface area (Å²) in [6, 6.07) is 9.69. The number of carbonyl (C=O) groups excluding carboxylic acids is 1. The molecule has 2 bridgehead atoms. The quantitative estimate of drug-likeness (QED) is 0.770. The monoisotopic (exact) mass is 258 g/mol. The summed E-state index contributed by atoms with van der Waals surface area (Å²) in [6.07, 6.45) is 2.86. The highest BCUT2D eigenvalue weighted by Gasteiger charge is 2.55. The van der Waals surface area contributed by atoms with Crippen molar-refractivity contribution >= 4 is 11.6 Å². The molecule has 19 heavy (non-hydrogen) atoms. The van der Waals surface area contributed by atoms with Crippen molar-refractivity contribution in [3.05, 3.63) is 30.3 Å². The summed E-state index contributed by atoms with van der Waals surface area (Å²) in [6.45, 7) is 3.23. The molecule has 4 aliphatic rings. The molecule has 0 aliphatic carbocycles. The third-order valence-electron chi connectivity index (χ3n) is 4.76. The molecule has 1 spiro atoms. The fraction of sp³-hybridized carbons (Fsp3) is 0.533. The first-order valence-corrected chi connectivity index (χ1v) is 7.06. The summed E-state index contributed by atoms with van der Waals surface area (Å²) in [5.41, 5.74) is 0.587. The van der Waals surface area contributed by atoms with Crippen molar-refractivity contribution in [1.82, 2.24) is 4.90 Å². The Morgan fingerprint density at radius 3 is 2.53 bits per heavy atom. The van der Waals surface area contributed by atoms with E-state index >= 15 is 0 Å². The smallest absolute Gasteiger partial charge is 0.253 e. The molecule has 1 atom stereocenters. The van der Waals surface area contributed by atoms with Crippen LogP contribution in [0.2, 0.25) is 0 Å². The van der Waals surface area contributed by atoms with Crippen molar-refractivity contribution < 1.29 is 9.63 Å². The lowest BCUT2D eigenvalue weighted by molar-refractivity contribution is -0.132. The van der Waals surface area contributed by atoms with Crippen molar-refractivity contribution in [3.63, 3.8) is 0 Å². The standard InChI is InChI=1S/C15H18N2O2/c18-14-10-15(11-16-8-6-12(15)7-9-16)19-17(14)13-4-2-1-3-5-13/h1-5,12H,6-11H2. The fourth-order valence-electron chi connectivity index (χ4n) is 3.78. The van der Waals surface area contributed by atoms with E-state index in [-0.39, 0.29) is 11.5 Å². The number of hydrogen-bond acceptors (Lipinski definition) is 3. The predicted octanol–water partition coefficient (Wildman–Crippen LogP) is 1.82. The maximum atomic E-state index is 12.3. The number of piperidine rings is 3. The minimum absolute atomic E-state index is 0.0972. The van der Waals surface area contributed by atoms with Crippen LogP contribution >= 0.6 is 0 Å². The Balaban J connectivity index is 1.63. The number of hydroxylamine groups is 1. The summed E-state index contributed by atoms with van der Waals surface area (Å²) in [4.78, 5) is 20.9. The summed E-state index contributed by atoms with van der Waals surface area (Å²) >= 11 is 0. The number of amides is 1. The van der Waals surface area contributed by atoms with E-state index in [1.807, 2.05) is 30.3 Å². The lowest BCUT2D eigenvalue weighted by Gasteiger charge is -2.49. The predicted molar refractivity (Wildman–Crippen MR) is 71.5 cm³/mol. The number of hydrogen-bond donors (Lipinski definition) is 0. The van der Waals surface area contributed by atoms with Crippen LogP contribution in [0.5, 0.6) is 0 Å². The number of benzene rings is 1. The molecular formula is C15H18N2O2. The van der Waals surface area contributed by atoms with E-state index in [1.165, 1.54) is 5.06 Å². The number of nitrogens with zero attached hydrogens (tertiary/aromatic N) is 2. The van der Waals surface area contributed by atoms with Gasteiger partial charge in [-0.25, -0.2) is 0 Å². The molecule has 1 aromatic carbocycles. The molecule has 4 heteroatoms.